The number of hydrogen-bond donors (Lipinski definition) is 1. The first kappa shape index (κ1) is 11.3. The Kier molecular flexibility index (Phi) is 2.77. The Balaban J connectivity index is 1.60. The molecule has 2 unspecified atom stereocenters. The number of nitrogens with two attached hydrogens (primary N) is 1. The molecule has 1 saturated heterocycles. The first-order valence-corrected chi connectivity index (χ1v) is 6.89. The average Bonchev–Trinajstić information content (AvgIpc) is 2.74. The van der Waals surface area contributed by atoms with Crippen molar-refractivity contribution in [1.82, 2.24) is 4.90 Å². The van der Waals surface area contributed by atoms with Crippen LogP contribution in [0.2, 0.25) is 0 Å². The predicted octanol–water partition coefficient (Wildman–Crippen LogP) is 1.35. The number of morpholine rings is 1. The van der Waals surface area contributed by atoms with Crippen molar-refractivity contribution in [1.29, 1.82) is 0 Å². The molecule has 0 aromatic carbocycles. The maximum absolute atomic E-state index is 6.12. The first-order chi connectivity index (χ1) is 8.20. The standard InChI is InChI=1S/C13H23N3O/c1-10-9-16(6-7-17-10)12(14)15-11-8-13(11)4-2-3-5-13/h10-11H,2-9H2,1H3,(H2,14,15). The third-order valence-electron chi connectivity index (χ3n) is 4.60. The number of rotatable bonds is 1. The third kappa shape index (κ3) is 2.15. The van der Waals surface area contributed by atoms with Gasteiger partial charge >= 0.3 is 0 Å². The Morgan fingerprint density at radius 3 is 2.88 bits per heavy atom. The topological polar surface area (TPSA) is 50.8 Å². The van der Waals surface area contributed by atoms with Crippen LogP contribution in [0, 0.1) is 5.41 Å². The monoisotopic (exact) mass is 237 g/mol. The fraction of sp³-hybridized carbons (Fsp3) is 0.923. The van der Waals surface area contributed by atoms with Crippen molar-refractivity contribution in [3.8, 4) is 0 Å². The fourth-order valence-corrected chi connectivity index (χ4v) is 3.39. The molecule has 1 spiro atoms. The molecule has 4 heteroatoms. The number of nitrogens with zero attached hydrogens (tertiary/aromatic N) is 2. The molecular weight excluding hydrogens is 214 g/mol. The highest BCUT2D eigenvalue weighted by atomic mass is 16.5. The molecule has 3 fully saturated rings. The SMILES string of the molecule is CC1CN(C(N)=NC2CC23CCCC3)CCO1. The molecule has 2 N–H and O–H groups in total. The van der Waals surface area contributed by atoms with E-state index in [0.29, 0.717) is 11.5 Å². The summed E-state index contributed by atoms with van der Waals surface area (Å²) < 4.78 is 5.52. The summed E-state index contributed by atoms with van der Waals surface area (Å²) >= 11 is 0. The van der Waals surface area contributed by atoms with Gasteiger partial charge in [-0.1, -0.05) is 12.8 Å². The van der Waals surface area contributed by atoms with E-state index in [0.717, 1.165) is 25.7 Å². The van der Waals surface area contributed by atoms with Crippen molar-refractivity contribution in [2.75, 3.05) is 19.7 Å². The lowest BCUT2D eigenvalue weighted by Gasteiger charge is -2.32. The van der Waals surface area contributed by atoms with Crippen molar-refractivity contribution >= 4 is 5.96 Å². The van der Waals surface area contributed by atoms with Gasteiger partial charge in [-0.05, 0) is 31.6 Å². The molecule has 1 heterocycles. The van der Waals surface area contributed by atoms with Gasteiger partial charge in [-0.3, -0.25) is 0 Å². The van der Waals surface area contributed by atoms with E-state index >= 15 is 0 Å². The number of hydrogen-bond acceptors (Lipinski definition) is 2. The van der Waals surface area contributed by atoms with Gasteiger partial charge in [-0.2, -0.15) is 0 Å². The van der Waals surface area contributed by atoms with Crippen molar-refractivity contribution in [2.45, 2.75) is 51.2 Å². The molecule has 3 rings (SSSR count). The Bertz CT molecular complexity index is 323. The minimum Gasteiger partial charge on any atom is -0.375 e. The largest absolute Gasteiger partial charge is 0.375 e. The second-order valence-electron chi connectivity index (χ2n) is 5.90. The van der Waals surface area contributed by atoms with Crippen LogP contribution in [0.5, 0.6) is 0 Å². The highest BCUT2D eigenvalue weighted by molar-refractivity contribution is 5.78. The summed E-state index contributed by atoms with van der Waals surface area (Å²) in [5, 5.41) is 0. The zero-order valence-electron chi connectivity index (χ0n) is 10.7. The van der Waals surface area contributed by atoms with Crippen LogP contribution in [0.25, 0.3) is 0 Å². The smallest absolute Gasteiger partial charge is 0.191 e. The second-order valence-corrected chi connectivity index (χ2v) is 5.90. The van der Waals surface area contributed by atoms with E-state index in [4.69, 9.17) is 15.5 Å². The summed E-state index contributed by atoms with van der Waals surface area (Å²) in [7, 11) is 0. The minimum atomic E-state index is 0.275. The minimum absolute atomic E-state index is 0.275. The summed E-state index contributed by atoms with van der Waals surface area (Å²) in [6.07, 6.45) is 7.06. The van der Waals surface area contributed by atoms with Crippen molar-refractivity contribution < 1.29 is 4.74 Å². The van der Waals surface area contributed by atoms with Gasteiger partial charge < -0.3 is 15.4 Å². The predicted molar refractivity (Wildman–Crippen MR) is 67.9 cm³/mol. The summed E-state index contributed by atoms with van der Waals surface area (Å²) in [4.78, 5) is 6.92. The molecule has 2 saturated carbocycles. The molecule has 96 valence electrons. The molecule has 4 nitrogen and oxygen atoms in total. The zero-order chi connectivity index (χ0) is 11.9. The van der Waals surface area contributed by atoms with Gasteiger partial charge in [0.15, 0.2) is 5.96 Å². The van der Waals surface area contributed by atoms with E-state index in [2.05, 4.69) is 11.8 Å². The van der Waals surface area contributed by atoms with Crippen LogP contribution in [0.3, 0.4) is 0 Å². The normalized spacial score (nSPS) is 36.5. The molecule has 0 radical (unpaired) electrons. The maximum atomic E-state index is 6.12. The van der Waals surface area contributed by atoms with Gasteiger partial charge in [0.25, 0.3) is 0 Å². The van der Waals surface area contributed by atoms with Crippen LogP contribution in [-0.2, 0) is 4.74 Å². The maximum Gasteiger partial charge on any atom is 0.191 e. The van der Waals surface area contributed by atoms with Crippen LogP contribution < -0.4 is 5.73 Å². The Morgan fingerprint density at radius 2 is 2.18 bits per heavy atom. The molecule has 1 aliphatic heterocycles. The molecule has 3 aliphatic rings. The summed E-state index contributed by atoms with van der Waals surface area (Å²) in [6, 6.07) is 0.517. The van der Waals surface area contributed by atoms with Gasteiger partial charge in [-0.25, -0.2) is 4.99 Å². The molecular formula is C13H23N3O. The van der Waals surface area contributed by atoms with Gasteiger partial charge in [0.1, 0.15) is 0 Å². The lowest BCUT2D eigenvalue weighted by atomic mass is 10.1. The van der Waals surface area contributed by atoms with Crippen LogP contribution in [0.15, 0.2) is 4.99 Å². The lowest BCUT2D eigenvalue weighted by Crippen LogP contribution is -2.48. The molecule has 0 aromatic rings. The second kappa shape index (κ2) is 4.16. The molecule has 17 heavy (non-hydrogen) atoms. The van der Waals surface area contributed by atoms with E-state index in [1.807, 2.05) is 0 Å². The highest BCUT2D eigenvalue weighted by Gasteiger charge is 2.55. The Morgan fingerprint density at radius 1 is 1.41 bits per heavy atom. The number of aliphatic imine (C=N–C) groups is 1. The third-order valence-corrected chi connectivity index (χ3v) is 4.60. The molecule has 0 aromatic heterocycles. The van der Waals surface area contributed by atoms with E-state index in [1.54, 1.807) is 0 Å². The van der Waals surface area contributed by atoms with Gasteiger partial charge in [0.05, 0.1) is 18.8 Å². The molecule has 2 atom stereocenters. The average molecular weight is 237 g/mol. The van der Waals surface area contributed by atoms with Gasteiger partial charge in [-0.15, -0.1) is 0 Å². The molecule has 2 aliphatic carbocycles. The van der Waals surface area contributed by atoms with Crippen molar-refractivity contribution in [3.05, 3.63) is 0 Å². The van der Waals surface area contributed by atoms with Crippen LogP contribution in [0.4, 0.5) is 0 Å². The van der Waals surface area contributed by atoms with Crippen molar-refractivity contribution in [3.63, 3.8) is 0 Å². The van der Waals surface area contributed by atoms with E-state index < -0.39 is 0 Å². The zero-order valence-corrected chi connectivity index (χ0v) is 10.7. The number of ether oxygens (including phenoxy) is 1. The fourth-order valence-electron chi connectivity index (χ4n) is 3.39. The number of guanidine groups is 1. The first-order valence-electron chi connectivity index (χ1n) is 6.89. The van der Waals surface area contributed by atoms with E-state index in [-0.39, 0.29) is 6.10 Å². The Labute approximate surface area is 103 Å². The molecule has 0 bridgehead atoms. The van der Waals surface area contributed by atoms with Crippen LogP contribution >= 0.6 is 0 Å². The van der Waals surface area contributed by atoms with Crippen LogP contribution in [-0.4, -0.2) is 42.7 Å². The summed E-state index contributed by atoms with van der Waals surface area (Å²) in [5.74, 6) is 0.744. The van der Waals surface area contributed by atoms with Gasteiger partial charge in [0.2, 0.25) is 0 Å². The van der Waals surface area contributed by atoms with Crippen molar-refractivity contribution in [2.24, 2.45) is 16.1 Å². The quantitative estimate of drug-likeness (QED) is 0.553. The Hall–Kier alpha value is -0.770. The van der Waals surface area contributed by atoms with E-state index in [9.17, 15) is 0 Å². The molecule has 0 amide bonds. The summed E-state index contributed by atoms with van der Waals surface area (Å²) in [5.41, 5.74) is 6.68. The lowest BCUT2D eigenvalue weighted by molar-refractivity contribution is 0.00526. The van der Waals surface area contributed by atoms with E-state index in [1.165, 1.54) is 32.1 Å². The summed E-state index contributed by atoms with van der Waals surface area (Å²) in [6.45, 7) is 4.64. The van der Waals surface area contributed by atoms with Crippen LogP contribution in [0.1, 0.15) is 39.0 Å². The highest BCUT2D eigenvalue weighted by Crippen LogP contribution is 2.59. The van der Waals surface area contributed by atoms with Gasteiger partial charge in [0, 0.05) is 13.1 Å².